The number of hydrogen-bond donors (Lipinski definition) is 1. The largest absolute Gasteiger partial charge is 0.464 e. The van der Waals surface area contributed by atoms with Crippen molar-refractivity contribution in [3.63, 3.8) is 0 Å². The smallest absolute Gasteiger partial charge is 0.338 e. The van der Waals surface area contributed by atoms with Crippen LogP contribution in [0.3, 0.4) is 0 Å². The zero-order valence-corrected chi connectivity index (χ0v) is 14.6. The van der Waals surface area contributed by atoms with Crippen molar-refractivity contribution >= 4 is 5.97 Å². The summed E-state index contributed by atoms with van der Waals surface area (Å²) in [6.07, 6.45) is 0.234. The lowest BCUT2D eigenvalue weighted by molar-refractivity contribution is -0.162. The van der Waals surface area contributed by atoms with Crippen molar-refractivity contribution in [1.29, 1.82) is 0 Å². The van der Waals surface area contributed by atoms with E-state index in [0.717, 1.165) is 11.1 Å². The van der Waals surface area contributed by atoms with Gasteiger partial charge in [-0.1, -0.05) is 44.2 Å². The van der Waals surface area contributed by atoms with Crippen LogP contribution in [0.15, 0.2) is 30.3 Å². The van der Waals surface area contributed by atoms with Crippen molar-refractivity contribution in [2.24, 2.45) is 0 Å². The molecule has 0 saturated carbocycles. The molecule has 0 aromatic carbocycles. The van der Waals surface area contributed by atoms with Crippen LogP contribution in [0.1, 0.15) is 50.3 Å². The van der Waals surface area contributed by atoms with Crippen LogP contribution in [-0.2, 0) is 16.0 Å². The number of carbonyl (C=O) groups is 1. The third-order valence-corrected chi connectivity index (χ3v) is 4.27. The molecule has 3 heteroatoms. The topological polar surface area (TPSA) is 46.5 Å². The van der Waals surface area contributed by atoms with Crippen molar-refractivity contribution < 1.29 is 14.6 Å². The van der Waals surface area contributed by atoms with Crippen molar-refractivity contribution in [3.05, 3.63) is 47.0 Å². The Hall–Kier alpha value is -1.87. The quantitative estimate of drug-likeness (QED) is 0.846. The van der Waals surface area contributed by atoms with E-state index >= 15 is 0 Å². The molecule has 0 heterocycles. The highest BCUT2D eigenvalue weighted by molar-refractivity contribution is 5.81. The van der Waals surface area contributed by atoms with E-state index in [-0.39, 0.29) is 13.0 Å². The molecule has 3 nitrogen and oxygen atoms in total. The molecule has 2 aliphatic carbocycles. The molecule has 124 valence electrons. The predicted octanol–water partition coefficient (Wildman–Crippen LogP) is 4.08. The van der Waals surface area contributed by atoms with Gasteiger partial charge >= 0.3 is 5.97 Å². The number of aliphatic hydroxyl groups is 1. The summed E-state index contributed by atoms with van der Waals surface area (Å²) in [6.45, 7) is 9.93. The number of hydrogen-bond acceptors (Lipinski definition) is 3. The lowest BCUT2D eigenvalue weighted by Crippen LogP contribution is -2.39. The maximum atomic E-state index is 12.0. The number of carbonyl (C=O) groups excluding carboxylic acids is 1. The average Bonchev–Trinajstić information content (AvgIpc) is 2.72. The summed E-state index contributed by atoms with van der Waals surface area (Å²) in [5.41, 5.74) is 4.13. The van der Waals surface area contributed by atoms with Gasteiger partial charge in [0, 0.05) is 6.42 Å². The Morgan fingerprint density at radius 2 is 1.91 bits per heavy atom. The minimum absolute atomic E-state index is 0.234. The molecule has 0 aromatic rings. The molecule has 0 radical (unpaired) electrons. The zero-order valence-electron chi connectivity index (χ0n) is 14.6. The molecule has 0 aromatic heterocycles. The molecule has 0 aliphatic heterocycles. The number of rotatable bonds is 5. The molecule has 0 fully saturated rings. The number of esters is 1. The summed E-state index contributed by atoms with van der Waals surface area (Å²) in [6, 6.07) is 10.5. The van der Waals surface area contributed by atoms with Gasteiger partial charge in [-0.15, -0.1) is 0 Å². The summed E-state index contributed by atoms with van der Waals surface area (Å²) in [7, 11) is 0. The van der Waals surface area contributed by atoms with Crippen LogP contribution in [0, 0.1) is 6.92 Å². The fourth-order valence-corrected chi connectivity index (χ4v) is 2.82. The van der Waals surface area contributed by atoms with E-state index in [4.69, 9.17) is 4.74 Å². The minimum Gasteiger partial charge on any atom is -0.464 e. The van der Waals surface area contributed by atoms with Gasteiger partial charge in [-0.25, -0.2) is 4.79 Å². The summed E-state index contributed by atoms with van der Waals surface area (Å²) in [4.78, 5) is 12.0. The van der Waals surface area contributed by atoms with Gasteiger partial charge in [0.25, 0.3) is 0 Å². The second-order valence-corrected chi connectivity index (χ2v) is 6.67. The predicted molar refractivity (Wildman–Crippen MR) is 92.9 cm³/mol. The Morgan fingerprint density at radius 3 is 2.52 bits per heavy atom. The van der Waals surface area contributed by atoms with Gasteiger partial charge in [-0.2, -0.15) is 0 Å². The van der Waals surface area contributed by atoms with Gasteiger partial charge in [-0.3, -0.25) is 0 Å². The van der Waals surface area contributed by atoms with Crippen molar-refractivity contribution in [3.8, 4) is 11.1 Å². The summed E-state index contributed by atoms with van der Waals surface area (Å²) >= 11 is 0. The second kappa shape index (κ2) is 6.71. The Bertz CT molecular complexity index is 671. The van der Waals surface area contributed by atoms with Crippen LogP contribution in [0.2, 0.25) is 0 Å². The van der Waals surface area contributed by atoms with Gasteiger partial charge in [-0.05, 0) is 54.5 Å². The summed E-state index contributed by atoms with van der Waals surface area (Å²) in [5, 5.41) is 10.5. The van der Waals surface area contributed by atoms with E-state index in [9.17, 15) is 9.90 Å². The van der Waals surface area contributed by atoms with Crippen LogP contribution in [0.25, 0.3) is 11.1 Å². The molecular weight excluding hydrogens is 288 g/mol. The highest BCUT2D eigenvalue weighted by atomic mass is 16.5. The minimum atomic E-state index is -1.53. The molecule has 1 atom stereocenters. The van der Waals surface area contributed by atoms with Crippen LogP contribution in [0.4, 0.5) is 0 Å². The Kier molecular flexibility index (Phi) is 5.10. The van der Waals surface area contributed by atoms with E-state index in [1.165, 1.54) is 23.6 Å². The van der Waals surface area contributed by atoms with Crippen LogP contribution >= 0.6 is 0 Å². The molecule has 2 rings (SSSR count). The maximum Gasteiger partial charge on any atom is 0.338 e. The zero-order chi connectivity index (χ0) is 17.2. The molecular formula is C20H26O3. The molecule has 0 saturated heterocycles. The highest BCUT2D eigenvalue weighted by Gasteiger charge is 2.33. The number of ether oxygens (including phenoxy) is 1. The monoisotopic (exact) mass is 314 g/mol. The standard InChI is InChI=1S/C20H26O3/c1-6-23-19(21)20(5,22)12-16-9-8-15(13(2)3)11-18-14(4)7-10-17(16)18/h7-11,13,22H,6,12H2,1-5H3. The molecule has 23 heavy (non-hydrogen) atoms. The third kappa shape index (κ3) is 3.73. The van der Waals surface area contributed by atoms with Gasteiger partial charge in [0.15, 0.2) is 5.60 Å². The highest BCUT2D eigenvalue weighted by Crippen LogP contribution is 2.34. The van der Waals surface area contributed by atoms with Gasteiger partial charge in [0.05, 0.1) is 6.61 Å². The first-order valence-corrected chi connectivity index (χ1v) is 8.18. The maximum absolute atomic E-state index is 12.0. The lowest BCUT2D eigenvalue weighted by atomic mass is 9.93. The fourth-order valence-electron chi connectivity index (χ4n) is 2.82. The van der Waals surface area contributed by atoms with Crippen molar-refractivity contribution in [2.45, 2.75) is 52.6 Å². The van der Waals surface area contributed by atoms with Crippen molar-refractivity contribution in [1.82, 2.24) is 0 Å². The first-order valence-electron chi connectivity index (χ1n) is 8.18. The molecule has 2 aliphatic rings. The van der Waals surface area contributed by atoms with Crippen molar-refractivity contribution in [2.75, 3.05) is 6.61 Å². The van der Waals surface area contributed by atoms with E-state index in [0.29, 0.717) is 5.92 Å². The van der Waals surface area contributed by atoms with Gasteiger partial charge in [0.1, 0.15) is 0 Å². The first-order chi connectivity index (χ1) is 10.8. The van der Waals surface area contributed by atoms with E-state index in [2.05, 4.69) is 45.0 Å². The van der Waals surface area contributed by atoms with E-state index in [1.54, 1.807) is 6.92 Å². The molecule has 1 unspecified atom stereocenters. The number of aryl methyl sites for hydroxylation is 1. The third-order valence-electron chi connectivity index (χ3n) is 4.27. The van der Waals surface area contributed by atoms with Crippen LogP contribution < -0.4 is 0 Å². The van der Waals surface area contributed by atoms with Crippen LogP contribution in [-0.4, -0.2) is 23.3 Å². The van der Waals surface area contributed by atoms with Crippen LogP contribution in [0.5, 0.6) is 0 Å². The summed E-state index contributed by atoms with van der Waals surface area (Å²) < 4.78 is 4.99. The number of fused-ring (bicyclic) bond motifs is 1. The Balaban J connectivity index is 2.47. The average molecular weight is 314 g/mol. The van der Waals surface area contributed by atoms with E-state index < -0.39 is 11.6 Å². The lowest BCUT2D eigenvalue weighted by Gasteiger charge is -2.21. The molecule has 0 amide bonds. The Morgan fingerprint density at radius 1 is 1.22 bits per heavy atom. The fraction of sp³-hybridized carbons (Fsp3) is 0.450. The van der Waals surface area contributed by atoms with Gasteiger partial charge in [0.2, 0.25) is 0 Å². The molecule has 0 bridgehead atoms. The Labute approximate surface area is 138 Å². The van der Waals surface area contributed by atoms with E-state index in [1.807, 2.05) is 6.07 Å². The molecule has 0 spiro atoms. The van der Waals surface area contributed by atoms with Gasteiger partial charge < -0.3 is 9.84 Å². The normalized spacial score (nSPS) is 14.0. The second-order valence-electron chi connectivity index (χ2n) is 6.67. The first kappa shape index (κ1) is 17.5. The summed E-state index contributed by atoms with van der Waals surface area (Å²) in [5.74, 6) is -0.162. The SMILES string of the molecule is CCOC(=O)C(C)(O)Cc1ccc(C(C)C)cc2c(C)ccc1-2. The molecule has 1 N–H and O–H groups in total.